The summed E-state index contributed by atoms with van der Waals surface area (Å²) in [6, 6.07) is 5.69. The summed E-state index contributed by atoms with van der Waals surface area (Å²) in [5.74, 6) is -0.0148. The Bertz CT molecular complexity index is 1100. The van der Waals surface area contributed by atoms with Crippen LogP contribution in [0.15, 0.2) is 47.4 Å². The summed E-state index contributed by atoms with van der Waals surface area (Å²) in [4.78, 5) is 11.7. The minimum Gasteiger partial charge on any atom is -0.489 e. The van der Waals surface area contributed by atoms with Crippen molar-refractivity contribution in [2.75, 3.05) is 17.2 Å². The molecule has 2 aromatic carbocycles. The third-order valence-corrected chi connectivity index (χ3v) is 5.18. The van der Waals surface area contributed by atoms with Gasteiger partial charge in [-0.2, -0.15) is 26.3 Å². The number of nitrogens with one attached hydrogen (secondary N) is 3. The first-order chi connectivity index (χ1) is 15.1. The first kappa shape index (κ1) is 26.3. The number of rotatable bonds is 7. The second-order valence-corrected chi connectivity index (χ2v) is 8.69. The van der Waals surface area contributed by atoms with Crippen molar-refractivity contribution in [3.05, 3.63) is 48.0 Å². The smallest absolute Gasteiger partial charge is 0.416 e. The number of urea groups is 1. The molecule has 7 nitrogen and oxygen atoms in total. The Morgan fingerprint density at radius 1 is 1.00 bits per heavy atom. The molecule has 182 valence electrons. The molecule has 0 spiro atoms. The molecule has 0 heterocycles. The van der Waals surface area contributed by atoms with Gasteiger partial charge in [0.05, 0.1) is 22.3 Å². The fourth-order valence-corrected chi connectivity index (χ4v) is 3.49. The Morgan fingerprint density at radius 3 is 2.24 bits per heavy atom. The van der Waals surface area contributed by atoms with Gasteiger partial charge in [-0.3, -0.25) is 0 Å². The van der Waals surface area contributed by atoms with Crippen LogP contribution in [0.25, 0.3) is 0 Å². The van der Waals surface area contributed by atoms with E-state index in [1.807, 2.05) is 0 Å². The SMILES string of the molecule is CC(C)Oc1ccc(S(=O)(=O)NCC(F)(F)F)cc1NC(=O)Nc1cccc(C(F)(F)F)c1. The van der Waals surface area contributed by atoms with Crippen LogP contribution in [-0.2, 0) is 16.2 Å². The van der Waals surface area contributed by atoms with Gasteiger partial charge in [0, 0.05) is 5.69 Å². The standard InChI is InChI=1S/C19H19F6N3O4S/c1-11(2)32-16-7-6-14(33(30,31)26-10-18(20,21)22)9-15(16)28-17(29)27-13-5-3-4-12(8-13)19(23,24)25/h3-9,11,26H,10H2,1-2H3,(H2,27,28,29). The van der Waals surface area contributed by atoms with Gasteiger partial charge in [-0.25, -0.2) is 17.9 Å². The van der Waals surface area contributed by atoms with Crippen LogP contribution in [-0.4, -0.2) is 33.3 Å². The largest absolute Gasteiger partial charge is 0.489 e. The molecule has 0 unspecified atom stereocenters. The number of hydrogen-bond donors (Lipinski definition) is 3. The second kappa shape index (κ2) is 9.87. The van der Waals surface area contributed by atoms with Crippen molar-refractivity contribution in [2.45, 2.75) is 37.2 Å². The molecule has 0 saturated heterocycles. The Labute approximate surface area is 185 Å². The van der Waals surface area contributed by atoms with Gasteiger partial charge in [0.2, 0.25) is 10.0 Å². The fraction of sp³-hybridized carbons (Fsp3) is 0.316. The lowest BCUT2D eigenvalue weighted by Gasteiger charge is -2.17. The van der Waals surface area contributed by atoms with Crippen molar-refractivity contribution in [2.24, 2.45) is 0 Å². The highest BCUT2D eigenvalue weighted by Crippen LogP contribution is 2.32. The van der Waals surface area contributed by atoms with E-state index in [1.54, 1.807) is 13.8 Å². The molecular weight excluding hydrogens is 480 g/mol. The van der Waals surface area contributed by atoms with E-state index in [4.69, 9.17) is 4.74 Å². The van der Waals surface area contributed by atoms with Gasteiger partial charge in [0.1, 0.15) is 12.3 Å². The van der Waals surface area contributed by atoms with Crippen molar-refractivity contribution >= 4 is 27.4 Å². The van der Waals surface area contributed by atoms with Crippen LogP contribution in [0.4, 0.5) is 42.5 Å². The number of sulfonamides is 1. The number of carbonyl (C=O) groups is 1. The van der Waals surface area contributed by atoms with Gasteiger partial charge in [-0.15, -0.1) is 0 Å². The Hall–Kier alpha value is -3.00. The average molecular weight is 499 g/mol. The number of alkyl halides is 6. The molecule has 0 saturated carbocycles. The van der Waals surface area contributed by atoms with Crippen LogP contribution in [0.5, 0.6) is 5.75 Å². The van der Waals surface area contributed by atoms with Crippen molar-refractivity contribution < 1.29 is 44.3 Å². The molecule has 0 aliphatic rings. The molecule has 0 radical (unpaired) electrons. The van der Waals surface area contributed by atoms with Gasteiger partial charge >= 0.3 is 18.4 Å². The van der Waals surface area contributed by atoms with E-state index in [0.29, 0.717) is 6.07 Å². The van der Waals surface area contributed by atoms with E-state index in [9.17, 15) is 39.6 Å². The predicted octanol–water partition coefficient (Wildman–Crippen LogP) is 4.98. The molecular formula is C19H19F6N3O4S. The summed E-state index contributed by atoms with van der Waals surface area (Å²) < 4.78 is 107. The lowest BCUT2D eigenvalue weighted by atomic mass is 10.2. The molecule has 0 bridgehead atoms. The van der Waals surface area contributed by atoms with Crippen LogP contribution in [0.3, 0.4) is 0 Å². The molecule has 14 heteroatoms. The Morgan fingerprint density at radius 2 is 1.67 bits per heavy atom. The number of ether oxygens (including phenoxy) is 1. The summed E-state index contributed by atoms with van der Waals surface area (Å²) in [6.07, 6.45) is -9.86. The van der Waals surface area contributed by atoms with Gasteiger partial charge in [-0.1, -0.05) is 6.07 Å². The minimum absolute atomic E-state index is 0.0148. The highest BCUT2D eigenvalue weighted by Gasteiger charge is 2.31. The molecule has 2 rings (SSSR count). The monoisotopic (exact) mass is 499 g/mol. The topological polar surface area (TPSA) is 96.5 Å². The third-order valence-electron chi connectivity index (χ3n) is 3.78. The number of carbonyl (C=O) groups excluding carboxylic acids is 1. The van der Waals surface area contributed by atoms with Crippen LogP contribution < -0.4 is 20.1 Å². The first-order valence-electron chi connectivity index (χ1n) is 9.19. The van der Waals surface area contributed by atoms with Crippen LogP contribution >= 0.6 is 0 Å². The molecule has 2 amide bonds. The van der Waals surface area contributed by atoms with Crippen molar-refractivity contribution in [3.63, 3.8) is 0 Å². The summed E-state index contributed by atoms with van der Waals surface area (Å²) in [5, 5.41) is 4.40. The molecule has 33 heavy (non-hydrogen) atoms. The van der Waals surface area contributed by atoms with E-state index in [0.717, 1.165) is 30.3 Å². The van der Waals surface area contributed by atoms with Gasteiger partial charge in [0.25, 0.3) is 0 Å². The number of benzene rings is 2. The molecule has 2 aromatic rings. The summed E-state index contributed by atoms with van der Waals surface area (Å²) in [7, 11) is -4.60. The molecule has 0 aromatic heterocycles. The highest BCUT2D eigenvalue weighted by molar-refractivity contribution is 7.89. The van der Waals surface area contributed by atoms with Gasteiger partial charge < -0.3 is 15.4 Å². The Balaban J connectivity index is 2.29. The second-order valence-electron chi connectivity index (χ2n) is 6.92. The third kappa shape index (κ3) is 8.13. The number of anilines is 2. The summed E-state index contributed by atoms with van der Waals surface area (Å²) in [6.45, 7) is 1.45. The van der Waals surface area contributed by atoms with E-state index in [-0.39, 0.29) is 17.1 Å². The van der Waals surface area contributed by atoms with Gasteiger partial charge in [-0.05, 0) is 50.2 Å². The number of hydrogen-bond acceptors (Lipinski definition) is 4. The fourth-order valence-electron chi connectivity index (χ4n) is 2.45. The predicted molar refractivity (Wildman–Crippen MR) is 108 cm³/mol. The van der Waals surface area contributed by atoms with Crippen molar-refractivity contribution in [1.82, 2.24) is 4.72 Å². The first-order valence-corrected chi connectivity index (χ1v) is 10.7. The lowest BCUT2D eigenvalue weighted by molar-refractivity contribution is -0.137. The van der Waals surface area contributed by atoms with Crippen LogP contribution in [0.2, 0.25) is 0 Å². The molecule has 0 aliphatic heterocycles. The van der Waals surface area contributed by atoms with E-state index in [1.165, 1.54) is 10.8 Å². The molecule has 0 fully saturated rings. The maximum Gasteiger partial charge on any atom is 0.416 e. The minimum atomic E-state index is -4.79. The van der Waals surface area contributed by atoms with Crippen molar-refractivity contribution in [1.29, 1.82) is 0 Å². The van der Waals surface area contributed by atoms with E-state index in [2.05, 4.69) is 10.6 Å². The maximum absolute atomic E-state index is 12.8. The summed E-state index contributed by atoms with van der Waals surface area (Å²) >= 11 is 0. The van der Waals surface area contributed by atoms with E-state index >= 15 is 0 Å². The maximum atomic E-state index is 12.8. The zero-order chi connectivity index (χ0) is 25.0. The van der Waals surface area contributed by atoms with Crippen LogP contribution in [0, 0.1) is 0 Å². The Kier molecular flexibility index (Phi) is 7.85. The zero-order valence-electron chi connectivity index (χ0n) is 17.1. The average Bonchev–Trinajstić information content (AvgIpc) is 2.66. The quantitative estimate of drug-likeness (QED) is 0.469. The zero-order valence-corrected chi connectivity index (χ0v) is 18.0. The molecule has 0 aliphatic carbocycles. The lowest BCUT2D eigenvalue weighted by Crippen LogP contribution is -2.33. The highest BCUT2D eigenvalue weighted by atomic mass is 32.2. The van der Waals surface area contributed by atoms with Crippen molar-refractivity contribution in [3.8, 4) is 5.75 Å². The normalized spacial score (nSPS) is 12.5. The number of halogens is 6. The number of amides is 2. The summed E-state index contributed by atoms with van der Waals surface area (Å²) in [5.41, 5.74) is -1.44. The van der Waals surface area contributed by atoms with Crippen LogP contribution in [0.1, 0.15) is 19.4 Å². The molecule has 3 N–H and O–H groups in total. The van der Waals surface area contributed by atoms with E-state index < -0.39 is 51.5 Å². The van der Waals surface area contributed by atoms with Gasteiger partial charge in [0.15, 0.2) is 0 Å². The molecule has 0 atom stereocenters.